The summed E-state index contributed by atoms with van der Waals surface area (Å²) in [4.78, 5) is 2.19. The number of aryl methyl sites for hydroxylation is 1. The Bertz CT molecular complexity index is 1020. The second-order valence-corrected chi connectivity index (χ2v) is 9.52. The lowest BCUT2D eigenvalue weighted by molar-refractivity contribution is 0.0574. The Labute approximate surface area is 168 Å². The first kappa shape index (κ1) is 19.1. The van der Waals surface area contributed by atoms with Crippen molar-refractivity contribution >= 4 is 22.0 Å². The van der Waals surface area contributed by atoms with E-state index in [0.29, 0.717) is 42.7 Å². The summed E-state index contributed by atoms with van der Waals surface area (Å²) in [6, 6.07) is 11.5. The largest absolute Gasteiger partial charge is 0.467 e. The molecule has 2 aliphatic rings. The van der Waals surface area contributed by atoms with Crippen molar-refractivity contribution in [1.82, 2.24) is 8.61 Å². The van der Waals surface area contributed by atoms with Crippen LogP contribution >= 0.6 is 11.9 Å². The molecule has 1 saturated heterocycles. The molecule has 9 heteroatoms. The van der Waals surface area contributed by atoms with Crippen LogP contribution in [0, 0.1) is 18.3 Å². The van der Waals surface area contributed by atoms with Crippen LogP contribution in [0.2, 0.25) is 0 Å². The summed E-state index contributed by atoms with van der Waals surface area (Å²) in [6.45, 7) is 4.20. The monoisotopic (exact) mass is 417 g/mol. The molecular weight excluding hydrogens is 398 g/mol. The van der Waals surface area contributed by atoms with E-state index in [-0.39, 0.29) is 4.90 Å². The molecule has 0 aliphatic carbocycles. The van der Waals surface area contributed by atoms with Crippen molar-refractivity contribution in [3.8, 4) is 6.07 Å². The second kappa shape index (κ2) is 7.64. The summed E-state index contributed by atoms with van der Waals surface area (Å²) in [5, 5.41) is 10.5. The number of ether oxygens (including phenoxy) is 1. The van der Waals surface area contributed by atoms with E-state index in [2.05, 4.69) is 6.07 Å². The van der Waals surface area contributed by atoms with Crippen molar-refractivity contribution in [2.75, 3.05) is 26.3 Å². The van der Waals surface area contributed by atoms with E-state index in [0.717, 1.165) is 17.5 Å². The summed E-state index contributed by atoms with van der Waals surface area (Å²) in [5.74, 6) is 0.419. The van der Waals surface area contributed by atoms with Crippen molar-refractivity contribution in [2.45, 2.75) is 17.9 Å². The number of hydrogen-bond donors (Lipinski definition) is 0. The topological polar surface area (TPSA) is 86.8 Å². The first-order valence-corrected chi connectivity index (χ1v) is 11.0. The fraction of sp³-hybridized carbons (Fsp3) is 0.316. The van der Waals surface area contributed by atoms with Gasteiger partial charge in [0.2, 0.25) is 0 Å². The molecule has 0 N–H and O–H groups in total. The van der Waals surface area contributed by atoms with Crippen LogP contribution in [-0.4, -0.2) is 43.3 Å². The Morgan fingerprint density at radius 3 is 2.50 bits per heavy atom. The van der Waals surface area contributed by atoms with Gasteiger partial charge in [0.15, 0.2) is 0 Å². The fourth-order valence-corrected chi connectivity index (χ4v) is 6.28. The molecule has 2 aromatic rings. The zero-order valence-corrected chi connectivity index (χ0v) is 16.9. The summed E-state index contributed by atoms with van der Waals surface area (Å²) in [5.41, 5.74) is 1.35. The molecule has 1 unspecified atom stereocenters. The van der Waals surface area contributed by atoms with Gasteiger partial charge in [0, 0.05) is 13.1 Å². The number of sulfonamides is 1. The van der Waals surface area contributed by atoms with Gasteiger partial charge in [-0.3, -0.25) is 0 Å². The number of hydrogen-bond acceptors (Lipinski definition) is 7. The molecule has 0 radical (unpaired) electrons. The standard InChI is InChI=1S/C19H19N3O4S2/c1-14-4-6-15(7-5-14)28(23,24)22-18(17-3-2-10-26-17)16(13-20)19(27-22)21-8-11-25-12-9-21/h2-7,10,18H,8-9,11-12H2,1H3. The summed E-state index contributed by atoms with van der Waals surface area (Å²) in [6.07, 6.45) is 1.48. The minimum Gasteiger partial charge on any atom is -0.467 e. The minimum atomic E-state index is -3.86. The highest BCUT2D eigenvalue weighted by molar-refractivity contribution is 8.11. The van der Waals surface area contributed by atoms with Crippen molar-refractivity contribution in [3.63, 3.8) is 0 Å². The van der Waals surface area contributed by atoms with Gasteiger partial charge in [0.05, 0.1) is 36.0 Å². The van der Waals surface area contributed by atoms with Gasteiger partial charge >= 0.3 is 0 Å². The molecule has 0 amide bonds. The zero-order chi connectivity index (χ0) is 19.7. The lowest BCUT2D eigenvalue weighted by atomic mass is 10.1. The number of furan rings is 1. The normalized spacial score (nSPS) is 21.1. The fourth-order valence-electron chi connectivity index (χ4n) is 3.21. The number of rotatable bonds is 4. The molecule has 1 fully saturated rings. The van der Waals surface area contributed by atoms with Gasteiger partial charge in [-0.2, -0.15) is 5.26 Å². The SMILES string of the molecule is Cc1ccc(S(=O)(=O)N2SC(N3CCOCC3)=C(C#N)C2c2ccco2)cc1. The van der Waals surface area contributed by atoms with Crippen LogP contribution in [0.3, 0.4) is 0 Å². The Kier molecular flexibility index (Phi) is 5.21. The van der Waals surface area contributed by atoms with Crippen LogP contribution in [0.15, 0.2) is 62.6 Å². The first-order valence-electron chi connectivity index (χ1n) is 8.82. The van der Waals surface area contributed by atoms with Gasteiger partial charge < -0.3 is 14.1 Å². The molecule has 3 heterocycles. The molecule has 0 bridgehead atoms. The predicted molar refractivity (Wildman–Crippen MR) is 104 cm³/mol. The molecule has 2 aliphatic heterocycles. The van der Waals surface area contributed by atoms with Crippen LogP contribution in [0.1, 0.15) is 17.4 Å². The van der Waals surface area contributed by atoms with E-state index in [4.69, 9.17) is 9.15 Å². The molecular formula is C19H19N3O4S2. The maximum Gasteiger partial charge on any atom is 0.253 e. The van der Waals surface area contributed by atoms with Crippen molar-refractivity contribution in [1.29, 1.82) is 5.26 Å². The first-order chi connectivity index (χ1) is 13.5. The van der Waals surface area contributed by atoms with Gasteiger partial charge in [0.1, 0.15) is 16.8 Å². The van der Waals surface area contributed by atoms with Gasteiger partial charge in [-0.05, 0) is 43.1 Å². The number of morpholine rings is 1. The number of benzene rings is 1. The third-order valence-corrected chi connectivity index (χ3v) is 8.08. The quantitative estimate of drug-likeness (QED) is 0.707. The van der Waals surface area contributed by atoms with Crippen LogP contribution in [0.5, 0.6) is 0 Å². The number of nitriles is 1. The molecule has 1 aromatic carbocycles. The summed E-state index contributed by atoms with van der Waals surface area (Å²) >= 11 is 1.08. The van der Waals surface area contributed by atoms with Crippen molar-refractivity contribution in [2.24, 2.45) is 0 Å². The predicted octanol–water partition coefficient (Wildman–Crippen LogP) is 3.05. The smallest absolute Gasteiger partial charge is 0.253 e. The molecule has 0 spiro atoms. The summed E-state index contributed by atoms with van der Waals surface area (Å²) in [7, 11) is -3.86. The maximum absolute atomic E-state index is 13.4. The molecule has 146 valence electrons. The molecule has 7 nitrogen and oxygen atoms in total. The van der Waals surface area contributed by atoms with Gasteiger partial charge in [-0.25, -0.2) is 8.42 Å². The third-order valence-electron chi connectivity index (χ3n) is 4.68. The molecule has 4 rings (SSSR count). The Balaban J connectivity index is 1.79. The Hall–Kier alpha value is -2.25. The third kappa shape index (κ3) is 3.33. The maximum atomic E-state index is 13.4. The van der Waals surface area contributed by atoms with Crippen LogP contribution in [-0.2, 0) is 14.8 Å². The minimum absolute atomic E-state index is 0.183. The Morgan fingerprint density at radius 1 is 1.18 bits per heavy atom. The van der Waals surface area contributed by atoms with E-state index in [1.54, 1.807) is 36.4 Å². The highest BCUT2D eigenvalue weighted by atomic mass is 32.3. The highest BCUT2D eigenvalue weighted by Gasteiger charge is 2.46. The van der Waals surface area contributed by atoms with E-state index >= 15 is 0 Å². The lowest BCUT2D eigenvalue weighted by Gasteiger charge is -2.29. The molecule has 1 aromatic heterocycles. The zero-order valence-electron chi connectivity index (χ0n) is 15.2. The van der Waals surface area contributed by atoms with E-state index < -0.39 is 16.1 Å². The Morgan fingerprint density at radius 2 is 1.89 bits per heavy atom. The van der Waals surface area contributed by atoms with Crippen LogP contribution in [0.25, 0.3) is 0 Å². The average Bonchev–Trinajstić information content (AvgIpc) is 3.36. The summed E-state index contributed by atoms with van der Waals surface area (Å²) < 4.78 is 39.0. The van der Waals surface area contributed by atoms with Crippen LogP contribution in [0.4, 0.5) is 0 Å². The van der Waals surface area contributed by atoms with E-state index in [1.165, 1.54) is 9.97 Å². The van der Waals surface area contributed by atoms with Crippen molar-refractivity contribution in [3.05, 3.63) is 64.6 Å². The average molecular weight is 418 g/mol. The van der Waals surface area contributed by atoms with Crippen molar-refractivity contribution < 1.29 is 17.6 Å². The van der Waals surface area contributed by atoms with Gasteiger partial charge in [0.25, 0.3) is 10.0 Å². The lowest BCUT2D eigenvalue weighted by Crippen LogP contribution is -2.35. The van der Waals surface area contributed by atoms with Crippen LogP contribution < -0.4 is 0 Å². The van der Waals surface area contributed by atoms with Gasteiger partial charge in [-0.1, -0.05) is 17.7 Å². The van der Waals surface area contributed by atoms with E-state index in [9.17, 15) is 13.7 Å². The molecule has 1 atom stereocenters. The molecule has 28 heavy (non-hydrogen) atoms. The van der Waals surface area contributed by atoms with Gasteiger partial charge in [-0.15, -0.1) is 3.71 Å². The highest BCUT2D eigenvalue weighted by Crippen LogP contribution is 2.50. The number of nitrogens with zero attached hydrogens (tertiary/aromatic N) is 3. The van der Waals surface area contributed by atoms with E-state index in [1.807, 2.05) is 11.8 Å². The molecule has 0 saturated carbocycles. The second-order valence-electron chi connectivity index (χ2n) is 6.51.